The first kappa shape index (κ1) is 17.9. The molecule has 0 aromatic carbocycles. The van der Waals surface area contributed by atoms with E-state index < -0.39 is 0 Å². The summed E-state index contributed by atoms with van der Waals surface area (Å²) in [4.78, 5) is 13.1. The van der Waals surface area contributed by atoms with Crippen molar-refractivity contribution in [3.05, 3.63) is 46.8 Å². The van der Waals surface area contributed by atoms with Gasteiger partial charge in [0.05, 0.1) is 12.3 Å². The fraction of sp³-hybridized carbons (Fsp3) is 0.412. The third-order valence-corrected chi connectivity index (χ3v) is 3.90. The molecule has 0 spiro atoms. The van der Waals surface area contributed by atoms with E-state index in [0.717, 1.165) is 23.2 Å². The Morgan fingerprint density at radius 1 is 1.15 bits per heavy atom. The van der Waals surface area contributed by atoms with Crippen LogP contribution in [0.3, 0.4) is 0 Å². The second kappa shape index (κ2) is 7.96. The number of pyridine rings is 1. The van der Waals surface area contributed by atoms with Gasteiger partial charge in [0.25, 0.3) is 0 Å². The van der Waals surface area contributed by atoms with Gasteiger partial charge in [0, 0.05) is 18.9 Å². The molecule has 0 bridgehead atoms. The first-order chi connectivity index (χ1) is 12.6. The Kier molecular flexibility index (Phi) is 5.47. The van der Waals surface area contributed by atoms with Gasteiger partial charge in [0.1, 0.15) is 5.82 Å². The van der Waals surface area contributed by atoms with Crippen molar-refractivity contribution in [2.45, 2.75) is 40.4 Å². The normalized spacial score (nSPS) is 10.9. The molecule has 26 heavy (non-hydrogen) atoms. The molecule has 9 heteroatoms. The molecule has 3 heterocycles. The van der Waals surface area contributed by atoms with Crippen molar-refractivity contribution in [1.29, 1.82) is 0 Å². The van der Waals surface area contributed by atoms with Crippen LogP contribution in [0.2, 0.25) is 0 Å². The van der Waals surface area contributed by atoms with E-state index in [0.29, 0.717) is 30.0 Å². The summed E-state index contributed by atoms with van der Waals surface area (Å²) < 4.78 is 12.6. The Bertz CT molecular complexity index is 895. The molecule has 3 rings (SSSR count). The molecule has 0 aliphatic carbocycles. The number of ether oxygens (including phenoxy) is 2. The molecular weight excluding hydrogens is 334 g/mol. The lowest BCUT2D eigenvalue weighted by Crippen LogP contribution is -2.11. The summed E-state index contributed by atoms with van der Waals surface area (Å²) in [6.45, 7) is 6.36. The summed E-state index contributed by atoms with van der Waals surface area (Å²) in [5.41, 5.74) is 2.79. The molecule has 136 valence electrons. The van der Waals surface area contributed by atoms with Gasteiger partial charge in [0.15, 0.2) is 18.2 Å². The van der Waals surface area contributed by atoms with Gasteiger partial charge in [-0.05, 0) is 48.4 Å². The van der Waals surface area contributed by atoms with Gasteiger partial charge in [-0.2, -0.15) is 9.67 Å². The zero-order valence-electron chi connectivity index (χ0n) is 15.3. The average molecular weight is 355 g/mol. The SMILES string of the molecule is CCc1ccnc(-n2nnnc2COc2nc(C)nc(COC)c2C)c1. The van der Waals surface area contributed by atoms with Gasteiger partial charge < -0.3 is 9.47 Å². The summed E-state index contributed by atoms with van der Waals surface area (Å²) in [6.07, 6.45) is 2.65. The Balaban J connectivity index is 1.83. The van der Waals surface area contributed by atoms with Crippen LogP contribution in [-0.2, 0) is 24.4 Å². The molecule has 0 fully saturated rings. The van der Waals surface area contributed by atoms with E-state index in [9.17, 15) is 0 Å². The van der Waals surface area contributed by atoms with Crippen LogP contribution in [0.4, 0.5) is 0 Å². The van der Waals surface area contributed by atoms with Crippen molar-refractivity contribution in [3.8, 4) is 11.7 Å². The lowest BCUT2D eigenvalue weighted by molar-refractivity contribution is 0.179. The number of rotatable bonds is 7. The fourth-order valence-electron chi connectivity index (χ4n) is 2.48. The zero-order valence-corrected chi connectivity index (χ0v) is 15.3. The van der Waals surface area contributed by atoms with Crippen LogP contribution in [0.25, 0.3) is 5.82 Å². The quantitative estimate of drug-likeness (QED) is 0.632. The second-order valence-corrected chi connectivity index (χ2v) is 5.75. The highest BCUT2D eigenvalue weighted by atomic mass is 16.5. The molecule has 0 aliphatic heterocycles. The number of aromatic nitrogens is 7. The monoisotopic (exact) mass is 355 g/mol. The molecule has 0 unspecified atom stereocenters. The van der Waals surface area contributed by atoms with E-state index in [2.05, 4.69) is 37.4 Å². The first-order valence-electron chi connectivity index (χ1n) is 8.30. The molecule has 0 N–H and O–H groups in total. The largest absolute Gasteiger partial charge is 0.469 e. The second-order valence-electron chi connectivity index (χ2n) is 5.75. The standard InChI is InChI=1S/C17H21N7O2/c1-5-13-6-7-18-15(8-13)24-16(21-22-23-24)10-26-17-11(2)14(9-25-4)19-12(3)20-17/h6-8H,5,9-10H2,1-4H3. The average Bonchev–Trinajstić information content (AvgIpc) is 3.12. The van der Waals surface area contributed by atoms with Gasteiger partial charge in [-0.15, -0.1) is 5.10 Å². The summed E-state index contributed by atoms with van der Waals surface area (Å²) >= 11 is 0. The third-order valence-electron chi connectivity index (χ3n) is 3.90. The molecule has 0 saturated heterocycles. The number of hydrogen-bond acceptors (Lipinski definition) is 8. The van der Waals surface area contributed by atoms with E-state index in [1.54, 1.807) is 18.0 Å². The summed E-state index contributed by atoms with van der Waals surface area (Å²) in [6, 6.07) is 3.92. The molecule has 0 amide bonds. The summed E-state index contributed by atoms with van der Waals surface area (Å²) in [5, 5.41) is 11.8. The first-order valence-corrected chi connectivity index (χ1v) is 8.30. The van der Waals surface area contributed by atoms with Crippen molar-refractivity contribution in [2.24, 2.45) is 0 Å². The highest BCUT2D eigenvalue weighted by Gasteiger charge is 2.14. The molecule has 9 nitrogen and oxygen atoms in total. The highest BCUT2D eigenvalue weighted by Crippen LogP contribution is 2.20. The topological polar surface area (TPSA) is 101 Å². The summed E-state index contributed by atoms with van der Waals surface area (Å²) in [5.74, 6) is 2.31. The Morgan fingerprint density at radius 2 is 2.00 bits per heavy atom. The molecule has 0 aliphatic rings. The maximum absolute atomic E-state index is 5.87. The number of aryl methyl sites for hydroxylation is 2. The van der Waals surface area contributed by atoms with Crippen LogP contribution < -0.4 is 4.74 Å². The highest BCUT2D eigenvalue weighted by molar-refractivity contribution is 5.30. The molecule has 0 saturated carbocycles. The molecular formula is C17H21N7O2. The smallest absolute Gasteiger partial charge is 0.220 e. The van der Waals surface area contributed by atoms with E-state index in [4.69, 9.17) is 9.47 Å². The van der Waals surface area contributed by atoms with Crippen molar-refractivity contribution < 1.29 is 9.47 Å². The van der Waals surface area contributed by atoms with Crippen LogP contribution in [0.5, 0.6) is 5.88 Å². The fourth-order valence-corrected chi connectivity index (χ4v) is 2.48. The van der Waals surface area contributed by atoms with Crippen LogP contribution in [0.15, 0.2) is 18.3 Å². The van der Waals surface area contributed by atoms with Crippen LogP contribution >= 0.6 is 0 Å². The maximum atomic E-state index is 5.87. The molecule has 0 radical (unpaired) electrons. The van der Waals surface area contributed by atoms with E-state index in [-0.39, 0.29) is 6.61 Å². The van der Waals surface area contributed by atoms with Crippen LogP contribution in [0.1, 0.15) is 35.4 Å². The van der Waals surface area contributed by atoms with Crippen LogP contribution in [0, 0.1) is 13.8 Å². The van der Waals surface area contributed by atoms with Gasteiger partial charge in [-0.1, -0.05) is 6.92 Å². The number of nitrogens with zero attached hydrogens (tertiary/aromatic N) is 7. The maximum Gasteiger partial charge on any atom is 0.220 e. The number of tetrazole rings is 1. The van der Waals surface area contributed by atoms with Crippen molar-refractivity contribution in [3.63, 3.8) is 0 Å². The Morgan fingerprint density at radius 3 is 2.77 bits per heavy atom. The van der Waals surface area contributed by atoms with Gasteiger partial charge in [0.2, 0.25) is 5.88 Å². The molecule has 0 atom stereocenters. The lowest BCUT2D eigenvalue weighted by atomic mass is 10.2. The lowest BCUT2D eigenvalue weighted by Gasteiger charge is -2.12. The van der Waals surface area contributed by atoms with Crippen molar-refractivity contribution >= 4 is 0 Å². The Labute approximate surface area is 151 Å². The van der Waals surface area contributed by atoms with Gasteiger partial charge in [-0.25, -0.2) is 9.97 Å². The molecule has 3 aromatic heterocycles. The summed E-state index contributed by atoms with van der Waals surface area (Å²) in [7, 11) is 1.63. The number of hydrogen-bond donors (Lipinski definition) is 0. The predicted molar refractivity (Wildman–Crippen MR) is 92.9 cm³/mol. The number of methoxy groups -OCH3 is 1. The minimum absolute atomic E-state index is 0.161. The zero-order chi connectivity index (χ0) is 18.5. The minimum Gasteiger partial charge on any atom is -0.469 e. The Hall–Kier alpha value is -2.94. The van der Waals surface area contributed by atoms with Gasteiger partial charge >= 0.3 is 0 Å². The molecule has 3 aromatic rings. The van der Waals surface area contributed by atoms with Gasteiger partial charge in [-0.3, -0.25) is 0 Å². The minimum atomic E-state index is 0.161. The van der Waals surface area contributed by atoms with Crippen molar-refractivity contribution in [2.75, 3.05) is 7.11 Å². The van der Waals surface area contributed by atoms with E-state index in [1.165, 1.54) is 0 Å². The van der Waals surface area contributed by atoms with Crippen molar-refractivity contribution in [1.82, 2.24) is 35.2 Å². The van der Waals surface area contributed by atoms with Crippen LogP contribution in [-0.4, -0.2) is 42.3 Å². The third kappa shape index (κ3) is 3.83. The van der Waals surface area contributed by atoms with E-state index >= 15 is 0 Å². The predicted octanol–water partition coefficient (Wildman–Crippen LogP) is 1.75. The van der Waals surface area contributed by atoms with E-state index in [1.807, 2.05) is 26.0 Å².